The molecule has 1 aliphatic rings. The number of hydrogen-bond donors (Lipinski definition) is 0. The largest absolute Gasteiger partial charge is 0.494 e. The fourth-order valence-electron chi connectivity index (χ4n) is 3.51. The molecule has 2 aromatic carbocycles. The van der Waals surface area contributed by atoms with Crippen LogP contribution in [0.25, 0.3) is 6.08 Å². The maximum absolute atomic E-state index is 12.5. The first-order valence-corrected chi connectivity index (χ1v) is 10.6. The van der Waals surface area contributed by atoms with Crippen LogP contribution >= 0.6 is 0 Å². The van der Waals surface area contributed by atoms with Crippen LogP contribution in [0, 0.1) is 0 Å². The van der Waals surface area contributed by atoms with E-state index in [0.717, 1.165) is 38.5 Å². The predicted octanol–water partition coefficient (Wildman–Crippen LogP) is 3.91. The summed E-state index contributed by atoms with van der Waals surface area (Å²) in [6, 6.07) is 17.4. The molecule has 158 valence electrons. The minimum Gasteiger partial charge on any atom is -0.494 e. The van der Waals surface area contributed by atoms with Crippen molar-refractivity contribution < 1.29 is 14.3 Å². The highest BCUT2D eigenvalue weighted by atomic mass is 16.5. The molecule has 0 spiro atoms. The van der Waals surface area contributed by atoms with Crippen LogP contribution < -0.4 is 4.74 Å². The lowest BCUT2D eigenvalue weighted by Crippen LogP contribution is -2.48. The zero-order valence-electron chi connectivity index (χ0n) is 17.6. The molecule has 1 heterocycles. The average Bonchev–Trinajstić information content (AvgIpc) is 2.79. The second kappa shape index (κ2) is 11.3. The topological polar surface area (TPSA) is 49.9 Å². The highest BCUT2D eigenvalue weighted by molar-refractivity contribution is 5.98. The summed E-state index contributed by atoms with van der Waals surface area (Å²) in [5, 5.41) is 0. The molecule has 0 saturated carbocycles. The SMILES string of the molecule is CCOc1ccc(C(=O)CCC(=O)N2CCN(C/C=C/c3ccccc3)CC2)cc1. The van der Waals surface area contributed by atoms with Gasteiger partial charge in [0.25, 0.3) is 0 Å². The van der Waals surface area contributed by atoms with Crippen LogP contribution in [0.4, 0.5) is 0 Å². The first kappa shape index (κ1) is 21.8. The van der Waals surface area contributed by atoms with Crippen molar-refractivity contribution in [3.8, 4) is 5.75 Å². The maximum Gasteiger partial charge on any atom is 0.223 e. The van der Waals surface area contributed by atoms with Crippen molar-refractivity contribution in [2.45, 2.75) is 19.8 Å². The quantitative estimate of drug-likeness (QED) is 0.593. The molecule has 5 nitrogen and oxygen atoms in total. The molecule has 0 atom stereocenters. The van der Waals surface area contributed by atoms with Crippen LogP contribution in [-0.2, 0) is 4.79 Å². The van der Waals surface area contributed by atoms with E-state index < -0.39 is 0 Å². The van der Waals surface area contributed by atoms with E-state index in [1.807, 2.05) is 30.0 Å². The van der Waals surface area contributed by atoms with Gasteiger partial charge in [0, 0.05) is 51.1 Å². The minimum atomic E-state index is -0.00363. The van der Waals surface area contributed by atoms with Crippen molar-refractivity contribution in [3.63, 3.8) is 0 Å². The molecule has 2 aromatic rings. The van der Waals surface area contributed by atoms with E-state index in [1.165, 1.54) is 5.56 Å². The number of ketones is 1. The second-order valence-electron chi connectivity index (χ2n) is 7.38. The summed E-state index contributed by atoms with van der Waals surface area (Å²) in [6.07, 6.45) is 4.80. The molecule has 0 aromatic heterocycles. The van der Waals surface area contributed by atoms with Crippen LogP contribution in [0.2, 0.25) is 0 Å². The summed E-state index contributed by atoms with van der Waals surface area (Å²) in [6.45, 7) is 6.55. The summed E-state index contributed by atoms with van der Waals surface area (Å²) in [7, 11) is 0. The Morgan fingerprint density at radius 3 is 2.30 bits per heavy atom. The molecule has 1 fully saturated rings. The normalized spacial score (nSPS) is 14.8. The zero-order chi connectivity index (χ0) is 21.2. The number of hydrogen-bond acceptors (Lipinski definition) is 4. The number of carbonyl (C=O) groups excluding carboxylic acids is 2. The van der Waals surface area contributed by atoms with Gasteiger partial charge in [-0.15, -0.1) is 0 Å². The first-order chi connectivity index (χ1) is 14.7. The van der Waals surface area contributed by atoms with Gasteiger partial charge in [-0.25, -0.2) is 0 Å². The summed E-state index contributed by atoms with van der Waals surface area (Å²) < 4.78 is 5.39. The minimum absolute atomic E-state index is 0.00363. The Kier molecular flexibility index (Phi) is 8.21. The van der Waals surface area contributed by atoms with Crippen molar-refractivity contribution in [2.75, 3.05) is 39.3 Å². The van der Waals surface area contributed by atoms with E-state index in [1.54, 1.807) is 24.3 Å². The van der Waals surface area contributed by atoms with E-state index in [-0.39, 0.29) is 24.5 Å². The van der Waals surface area contributed by atoms with E-state index in [0.29, 0.717) is 12.2 Å². The Hall–Kier alpha value is -2.92. The molecule has 1 saturated heterocycles. The molecule has 0 unspecified atom stereocenters. The molecule has 5 heteroatoms. The van der Waals surface area contributed by atoms with E-state index in [9.17, 15) is 9.59 Å². The van der Waals surface area contributed by atoms with Crippen LogP contribution in [0.5, 0.6) is 5.75 Å². The molecule has 1 aliphatic heterocycles. The van der Waals surface area contributed by atoms with Crippen molar-refractivity contribution in [3.05, 3.63) is 71.8 Å². The second-order valence-corrected chi connectivity index (χ2v) is 7.38. The Morgan fingerprint density at radius 2 is 1.63 bits per heavy atom. The maximum atomic E-state index is 12.5. The number of nitrogens with zero attached hydrogens (tertiary/aromatic N) is 2. The zero-order valence-corrected chi connectivity index (χ0v) is 17.6. The molecular formula is C25H30N2O3. The van der Waals surface area contributed by atoms with Gasteiger partial charge in [0.05, 0.1) is 6.61 Å². The van der Waals surface area contributed by atoms with Crippen molar-refractivity contribution >= 4 is 17.8 Å². The third kappa shape index (κ3) is 6.56. The van der Waals surface area contributed by atoms with Gasteiger partial charge in [0.2, 0.25) is 5.91 Å². The predicted molar refractivity (Wildman–Crippen MR) is 120 cm³/mol. The van der Waals surface area contributed by atoms with Gasteiger partial charge in [-0.05, 0) is 36.8 Å². The fraction of sp³-hybridized carbons (Fsp3) is 0.360. The standard InChI is InChI=1S/C25H30N2O3/c1-2-30-23-12-10-22(11-13-23)24(28)14-15-25(29)27-19-17-26(18-20-27)16-6-9-21-7-4-3-5-8-21/h3-13H,2,14-20H2,1H3/b9-6+. The average molecular weight is 407 g/mol. The molecule has 30 heavy (non-hydrogen) atoms. The lowest BCUT2D eigenvalue weighted by molar-refractivity contribution is -0.132. The van der Waals surface area contributed by atoms with Crippen LogP contribution in [-0.4, -0.2) is 60.8 Å². The van der Waals surface area contributed by atoms with Gasteiger partial charge in [0.1, 0.15) is 5.75 Å². The van der Waals surface area contributed by atoms with Crippen LogP contribution in [0.15, 0.2) is 60.7 Å². The fourth-order valence-corrected chi connectivity index (χ4v) is 3.51. The molecule has 0 bridgehead atoms. The third-order valence-electron chi connectivity index (χ3n) is 5.25. The summed E-state index contributed by atoms with van der Waals surface area (Å²) in [5.74, 6) is 0.812. The lowest BCUT2D eigenvalue weighted by Gasteiger charge is -2.34. The summed E-state index contributed by atoms with van der Waals surface area (Å²) >= 11 is 0. The summed E-state index contributed by atoms with van der Waals surface area (Å²) in [5.41, 5.74) is 1.82. The number of ether oxygens (including phenoxy) is 1. The van der Waals surface area contributed by atoms with Gasteiger partial charge in [-0.2, -0.15) is 0 Å². The first-order valence-electron chi connectivity index (χ1n) is 10.6. The Bertz CT molecular complexity index is 838. The number of amides is 1. The number of piperazine rings is 1. The number of benzene rings is 2. The van der Waals surface area contributed by atoms with Crippen LogP contribution in [0.1, 0.15) is 35.7 Å². The third-order valence-corrected chi connectivity index (χ3v) is 5.25. The van der Waals surface area contributed by atoms with Crippen molar-refractivity contribution in [1.29, 1.82) is 0 Å². The Morgan fingerprint density at radius 1 is 0.933 bits per heavy atom. The Balaban J connectivity index is 1.37. The molecule has 3 rings (SSSR count). The molecular weight excluding hydrogens is 376 g/mol. The van der Waals surface area contributed by atoms with Gasteiger partial charge < -0.3 is 9.64 Å². The smallest absolute Gasteiger partial charge is 0.223 e. The highest BCUT2D eigenvalue weighted by Crippen LogP contribution is 2.15. The number of carbonyl (C=O) groups is 2. The Labute approximate surface area is 178 Å². The van der Waals surface area contributed by atoms with Gasteiger partial charge in [-0.3, -0.25) is 14.5 Å². The monoisotopic (exact) mass is 406 g/mol. The van der Waals surface area contributed by atoms with E-state index >= 15 is 0 Å². The highest BCUT2D eigenvalue weighted by Gasteiger charge is 2.21. The molecule has 1 amide bonds. The number of rotatable bonds is 9. The van der Waals surface area contributed by atoms with Gasteiger partial charge >= 0.3 is 0 Å². The van der Waals surface area contributed by atoms with Gasteiger partial charge in [-0.1, -0.05) is 42.5 Å². The molecule has 0 aliphatic carbocycles. The number of Topliss-reactive ketones (excluding diaryl/α,β-unsaturated/α-hetero) is 1. The van der Waals surface area contributed by atoms with E-state index in [4.69, 9.17) is 4.74 Å². The molecule has 0 N–H and O–H groups in total. The van der Waals surface area contributed by atoms with Crippen molar-refractivity contribution in [2.24, 2.45) is 0 Å². The lowest BCUT2D eigenvalue weighted by atomic mass is 10.1. The van der Waals surface area contributed by atoms with Gasteiger partial charge in [0.15, 0.2) is 5.78 Å². The van der Waals surface area contributed by atoms with E-state index in [2.05, 4.69) is 29.2 Å². The summed E-state index contributed by atoms with van der Waals surface area (Å²) in [4.78, 5) is 29.1. The molecule has 0 radical (unpaired) electrons. The van der Waals surface area contributed by atoms with Crippen LogP contribution in [0.3, 0.4) is 0 Å². The van der Waals surface area contributed by atoms with Crippen molar-refractivity contribution in [1.82, 2.24) is 9.80 Å².